The van der Waals surface area contributed by atoms with Gasteiger partial charge in [-0.15, -0.1) is 0 Å². The van der Waals surface area contributed by atoms with Crippen LogP contribution in [0.15, 0.2) is 42.6 Å². The van der Waals surface area contributed by atoms with Crippen molar-refractivity contribution >= 4 is 0 Å². The number of nitrogens with zero attached hydrogens (tertiary/aromatic N) is 1. The standard InChI is InChI=1S/C16H22N2/c1-3-10-17-12-16-9-6-11-18(16)13-15-8-5-4-7-14(15)2/h4-9,11,17H,3,10,12-13H2,1-2H3. The molecule has 1 N–H and O–H groups in total. The minimum absolute atomic E-state index is 0.951. The van der Waals surface area contributed by atoms with Crippen molar-refractivity contribution in [2.24, 2.45) is 0 Å². The van der Waals surface area contributed by atoms with E-state index < -0.39 is 0 Å². The van der Waals surface area contributed by atoms with E-state index in [4.69, 9.17) is 0 Å². The van der Waals surface area contributed by atoms with Gasteiger partial charge in [-0.05, 0) is 43.1 Å². The monoisotopic (exact) mass is 242 g/mol. The maximum atomic E-state index is 3.46. The molecule has 0 fully saturated rings. The summed E-state index contributed by atoms with van der Waals surface area (Å²) in [5.74, 6) is 0. The fraction of sp³-hybridized carbons (Fsp3) is 0.375. The third kappa shape index (κ3) is 3.23. The number of hydrogen-bond acceptors (Lipinski definition) is 1. The van der Waals surface area contributed by atoms with Gasteiger partial charge in [0.1, 0.15) is 0 Å². The smallest absolute Gasteiger partial charge is 0.0476 e. The summed E-state index contributed by atoms with van der Waals surface area (Å²) in [4.78, 5) is 0. The summed E-state index contributed by atoms with van der Waals surface area (Å²) in [7, 11) is 0. The molecule has 0 amide bonds. The van der Waals surface area contributed by atoms with Crippen LogP contribution in [-0.2, 0) is 13.1 Å². The van der Waals surface area contributed by atoms with Gasteiger partial charge in [-0.1, -0.05) is 31.2 Å². The van der Waals surface area contributed by atoms with E-state index in [1.54, 1.807) is 0 Å². The molecule has 96 valence electrons. The van der Waals surface area contributed by atoms with Gasteiger partial charge in [0.05, 0.1) is 0 Å². The van der Waals surface area contributed by atoms with Gasteiger partial charge in [-0.3, -0.25) is 0 Å². The number of benzene rings is 1. The van der Waals surface area contributed by atoms with Crippen LogP contribution in [0.4, 0.5) is 0 Å². The maximum Gasteiger partial charge on any atom is 0.0476 e. The van der Waals surface area contributed by atoms with E-state index >= 15 is 0 Å². The average molecular weight is 242 g/mol. The molecule has 1 heterocycles. The van der Waals surface area contributed by atoms with Crippen LogP contribution in [-0.4, -0.2) is 11.1 Å². The van der Waals surface area contributed by atoms with E-state index in [9.17, 15) is 0 Å². The number of nitrogens with one attached hydrogen (secondary N) is 1. The molecule has 2 rings (SSSR count). The molecule has 0 aliphatic carbocycles. The summed E-state index contributed by atoms with van der Waals surface area (Å²) in [5, 5.41) is 3.46. The van der Waals surface area contributed by atoms with Gasteiger partial charge >= 0.3 is 0 Å². The second-order valence-corrected chi connectivity index (χ2v) is 4.73. The van der Waals surface area contributed by atoms with Gasteiger partial charge in [0, 0.05) is 25.0 Å². The van der Waals surface area contributed by atoms with Crippen molar-refractivity contribution in [3.05, 3.63) is 59.4 Å². The molecule has 1 aromatic carbocycles. The lowest BCUT2D eigenvalue weighted by atomic mass is 10.1. The normalized spacial score (nSPS) is 10.8. The first-order valence-electron chi connectivity index (χ1n) is 6.70. The second-order valence-electron chi connectivity index (χ2n) is 4.73. The molecule has 0 atom stereocenters. The Morgan fingerprint density at radius 2 is 1.94 bits per heavy atom. The Balaban J connectivity index is 2.05. The van der Waals surface area contributed by atoms with Crippen molar-refractivity contribution in [2.75, 3.05) is 6.54 Å². The molecule has 2 nitrogen and oxygen atoms in total. The van der Waals surface area contributed by atoms with Crippen LogP contribution in [0, 0.1) is 6.92 Å². The van der Waals surface area contributed by atoms with Crippen molar-refractivity contribution in [3.8, 4) is 0 Å². The molecule has 18 heavy (non-hydrogen) atoms. The first-order valence-corrected chi connectivity index (χ1v) is 6.70. The van der Waals surface area contributed by atoms with Crippen molar-refractivity contribution in [1.82, 2.24) is 9.88 Å². The molecule has 0 saturated heterocycles. The van der Waals surface area contributed by atoms with Crippen LogP contribution in [0.5, 0.6) is 0 Å². The molecule has 0 aliphatic heterocycles. The number of rotatable bonds is 6. The van der Waals surface area contributed by atoms with Crippen LogP contribution >= 0.6 is 0 Å². The van der Waals surface area contributed by atoms with Gasteiger partial charge in [0.25, 0.3) is 0 Å². The molecule has 0 unspecified atom stereocenters. The first kappa shape index (κ1) is 12.9. The largest absolute Gasteiger partial charge is 0.346 e. The zero-order chi connectivity index (χ0) is 12.8. The fourth-order valence-corrected chi connectivity index (χ4v) is 2.13. The summed E-state index contributed by atoms with van der Waals surface area (Å²) in [5.41, 5.74) is 4.11. The minimum atomic E-state index is 0.951. The molecule has 1 aromatic heterocycles. The van der Waals surface area contributed by atoms with Crippen LogP contribution < -0.4 is 5.32 Å². The van der Waals surface area contributed by atoms with Crippen molar-refractivity contribution in [1.29, 1.82) is 0 Å². The Bertz CT molecular complexity index is 485. The average Bonchev–Trinajstić information content (AvgIpc) is 2.80. The Morgan fingerprint density at radius 3 is 2.72 bits per heavy atom. The summed E-state index contributed by atoms with van der Waals surface area (Å²) >= 11 is 0. The first-order chi connectivity index (χ1) is 8.81. The Morgan fingerprint density at radius 1 is 1.11 bits per heavy atom. The zero-order valence-corrected chi connectivity index (χ0v) is 11.3. The molecule has 2 aromatic rings. The van der Waals surface area contributed by atoms with Crippen molar-refractivity contribution < 1.29 is 0 Å². The lowest BCUT2D eigenvalue weighted by Crippen LogP contribution is -2.17. The van der Waals surface area contributed by atoms with Crippen LogP contribution in [0.2, 0.25) is 0 Å². The predicted octanol–water partition coefficient (Wildman–Crippen LogP) is 3.34. The summed E-state index contributed by atoms with van der Waals surface area (Å²) in [6.45, 7) is 7.36. The lowest BCUT2D eigenvalue weighted by molar-refractivity contribution is 0.629. The highest BCUT2D eigenvalue weighted by Gasteiger charge is 2.03. The maximum absolute atomic E-state index is 3.46. The van der Waals surface area contributed by atoms with E-state index in [1.165, 1.54) is 23.2 Å². The van der Waals surface area contributed by atoms with Gasteiger partial charge < -0.3 is 9.88 Å². The highest BCUT2D eigenvalue weighted by Crippen LogP contribution is 2.11. The van der Waals surface area contributed by atoms with Gasteiger partial charge in [-0.2, -0.15) is 0 Å². The number of aryl methyl sites for hydroxylation is 1. The number of aromatic nitrogens is 1. The zero-order valence-electron chi connectivity index (χ0n) is 11.3. The van der Waals surface area contributed by atoms with E-state index in [1.807, 2.05) is 0 Å². The predicted molar refractivity (Wildman–Crippen MR) is 76.7 cm³/mol. The van der Waals surface area contributed by atoms with E-state index in [0.717, 1.165) is 19.6 Å². The third-order valence-corrected chi connectivity index (χ3v) is 3.26. The molecule has 0 spiro atoms. The van der Waals surface area contributed by atoms with E-state index in [-0.39, 0.29) is 0 Å². The highest BCUT2D eigenvalue weighted by molar-refractivity contribution is 5.26. The Kier molecular flexibility index (Phi) is 4.59. The molecule has 2 heteroatoms. The molecule has 0 radical (unpaired) electrons. The lowest BCUT2D eigenvalue weighted by Gasteiger charge is -2.11. The van der Waals surface area contributed by atoms with Crippen molar-refractivity contribution in [2.45, 2.75) is 33.4 Å². The Labute approximate surface area is 110 Å². The molecule has 0 bridgehead atoms. The van der Waals surface area contributed by atoms with Gasteiger partial charge in [-0.25, -0.2) is 0 Å². The Hall–Kier alpha value is -1.54. The third-order valence-electron chi connectivity index (χ3n) is 3.26. The molecule has 0 aliphatic rings. The summed E-state index contributed by atoms with van der Waals surface area (Å²) in [6, 6.07) is 12.9. The second kappa shape index (κ2) is 6.41. The number of hydrogen-bond donors (Lipinski definition) is 1. The SMILES string of the molecule is CCCNCc1cccn1Cc1ccccc1C. The molecule has 0 saturated carbocycles. The summed E-state index contributed by atoms with van der Waals surface area (Å²) in [6.07, 6.45) is 3.34. The minimum Gasteiger partial charge on any atom is -0.346 e. The highest BCUT2D eigenvalue weighted by atomic mass is 15.0. The van der Waals surface area contributed by atoms with E-state index in [0.29, 0.717) is 0 Å². The van der Waals surface area contributed by atoms with Crippen LogP contribution in [0.1, 0.15) is 30.2 Å². The van der Waals surface area contributed by atoms with E-state index in [2.05, 4.69) is 66.3 Å². The van der Waals surface area contributed by atoms with Crippen molar-refractivity contribution in [3.63, 3.8) is 0 Å². The van der Waals surface area contributed by atoms with Crippen LogP contribution in [0.25, 0.3) is 0 Å². The molecular formula is C16H22N2. The topological polar surface area (TPSA) is 17.0 Å². The summed E-state index contributed by atoms with van der Waals surface area (Å²) < 4.78 is 2.32. The van der Waals surface area contributed by atoms with Crippen LogP contribution in [0.3, 0.4) is 0 Å². The quantitative estimate of drug-likeness (QED) is 0.769. The molecular weight excluding hydrogens is 220 g/mol. The van der Waals surface area contributed by atoms with Gasteiger partial charge in [0.15, 0.2) is 0 Å². The fourth-order valence-electron chi connectivity index (χ4n) is 2.13. The van der Waals surface area contributed by atoms with Gasteiger partial charge in [0.2, 0.25) is 0 Å².